The summed E-state index contributed by atoms with van der Waals surface area (Å²) in [7, 11) is -2.99. The number of hydrogen-bond acceptors (Lipinski definition) is 5. The number of piperazine rings is 1. The van der Waals surface area contributed by atoms with Crippen LogP contribution in [-0.4, -0.2) is 66.7 Å². The summed E-state index contributed by atoms with van der Waals surface area (Å²) in [4.78, 5) is 16.6. The first-order valence-electron chi connectivity index (χ1n) is 10.4. The number of carbonyl (C=O) groups excluding carboxylic acids is 1. The van der Waals surface area contributed by atoms with Gasteiger partial charge in [0, 0.05) is 36.8 Å². The largest absolute Gasteiger partial charge is 0.365 e. The van der Waals surface area contributed by atoms with Crippen molar-refractivity contribution >= 4 is 33.0 Å². The van der Waals surface area contributed by atoms with Gasteiger partial charge < -0.3 is 9.80 Å². The molecule has 1 unspecified atom stereocenters. The zero-order valence-corrected chi connectivity index (χ0v) is 19.2. The zero-order valence-electron chi connectivity index (χ0n) is 17.6. The highest BCUT2D eigenvalue weighted by Gasteiger charge is 2.33. The first-order valence-corrected chi connectivity index (χ1v) is 12.6. The van der Waals surface area contributed by atoms with Crippen molar-refractivity contribution in [2.45, 2.75) is 32.7 Å². The molecule has 1 aromatic carbocycles. The number of carbonyl (C=O) groups is 1. The minimum atomic E-state index is -2.99. The minimum absolute atomic E-state index is 0.0579. The molecule has 4 rings (SSSR count). The van der Waals surface area contributed by atoms with Gasteiger partial charge in [0.1, 0.15) is 5.82 Å². The van der Waals surface area contributed by atoms with Crippen LogP contribution < -0.4 is 4.90 Å². The number of anilines is 1. The topological polar surface area (TPSA) is 75.5 Å². The van der Waals surface area contributed by atoms with Crippen LogP contribution in [-0.2, 0) is 21.1 Å². The van der Waals surface area contributed by atoms with Crippen molar-refractivity contribution in [3.8, 4) is 0 Å². The summed E-state index contributed by atoms with van der Waals surface area (Å²) in [5.74, 6) is -0.271. The summed E-state index contributed by atoms with van der Waals surface area (Å²) in [6.07, 6.45) is 0.530. The van der Waals surface area contributed by atoms with E-state index < -0.39 is 15.7 Å². The number of aromatic nitrogens is 2. The molecule has 2 fully saturated rings. The zero-order chi connectivity index (χ0) is 22.3. The van der Waals surface area contributed by atoms with E-state index in [4.69, 9.17) is 11.6 Å². The number of aryl methyl sites for hydroxylation is 1. The summed E-state index contributed by atoms with van der Waals surface area (Å²) in [6, 6.07) is 4.30. The SMILES string of the molecule is Cc1nn(C2CCS(=O)(=O)C2)c(C)c1N1CCN(C(=O)Cc2c(F)cccc2Cl)CC1. The van der Waals surface area contributed by atoms with Crippen molar-refractivity contribution in [3.05, 3.63) is 46.0 Å². The average Bonchev–Trinajstić information content (AvgIpc) is 3.23. The van der Waals surface area contributed by atoms with Crippen LogP contribution >= 0.6 is 11.6 Å². The molecule has 3 heterocycles. The van der Waals surface area contributed by atoms with Crippen molar-refractivity contribution in [2.24, 2.45) is 0 Å². The molecule has 2 aliphatic heterocycles. The van der Waals surface area contributed by atoms with E-state index >= 15 is 0 Å². The Balaban J connectivity index is 1.43. The van der Waals surface area contributed by atoms with Crippen LogP contribution in [0.5, 0.6) is 0 Å². The molecule has 7 nitrogen and oxygen atoms in total. The van der Waals surface area contributed by atoms with Crippen LogP contribution in [0.15, 0.2) is 18.2 Å². The van der Waals surface area contributed by atoms with Gasteiger partial charge in [-0.2, -0.15) is 5.10 Å². The Hall–Kier alpha value is -2.13. The molecule has 1 amide bonds. The van der Waals surface area contributed by atoms with Crippen molar-refractivity contribution in [2.75, 3.05) is 42.6 Å². The molecule has 0 aliphatic carbocycles. The van der Waals surface area contributed by atoms with Crippen LogP contribution in [0.2, 0.25) is 5.02 Å². The average molecular weight is 469 g/mol. The lowest BCUT2D eigenvalue weighted by atomic mass is 10.1. The molecule has 0 bridgehead atoms. The predicted octanol–water partition coefficient (Wildman–Crippen LogP) is 2.54. The second-order valence-electron chi connectivity index (χ2n) is 8.27. The maximum absolute atomic E-state index is 14.0. The summed E-state index contributed by atoms with van der Waals surface area (Å²) in [5, 5.41) is 4.90. The lowest BCUT2D eigenvalue weighted by Gasteiger charge is -2.36. The Morgan fingerprint density at radius 3 is 2.55 bits per heavy atom. The number of halogens is 2. The van der Waals surface area contributed by atoms with Gasteiger partial charge in [-0.05, 0) is 32.4 Å². The molecule has 1 atom stereocenters. The van der Waals surface area contributed by atoms with Gasteiger partial charge >= 0.3 is 0 Å². The van der Waals surface area contributed by atoms with Crippen LogP contribution in [0.4, 0.5) is 10.1 Å². The molecule has 1 aromatic heterocycles. The molecule has 31 heavy (non-hydrogen) atoms. The molecule has 2 saturated heterocycles. The maximum Gasteiger partial charge on any atom is 0.227 e. The highest BCUT2D eigenvalue weighted by molar-refractivity contribution is 7.91. The monoisotopic (exact) mass is 468 g/mol. The van der Waals surface area contributed by atoms with E-state index in [0.717, 1.165) is 17.1 Å². The summed E-state index contributed by atoms with van der Waals surface area (Å²) < 4.78 is 39.6. The van der Waals surface area contributed by atoms with Gasteiger partial charge in [0.25, 0.3) is 0 Å². The summed E-state index contributed by atoms with van der Waals surface area (Å²) in [5.41, 5.74) is 3.06. The number of benzene rings is 1. The van der Waals surface area contributed by atoms with Crippen LogP contribution in [0.1, 0.15) is 29.4 Å². The van der Waals surface area contributed by atoms with Gasteiger partial charge in [-0.25, -0.2) is 12.8 Å². The lowest BCUT2D eigenvalue weighted by molar-refractivity contribution is -0.130. The quantitative estimate of drug-likeness (QED) is 0.689. The van der Waals surface area contributed by atoms with Crippen LogP contribution in [0.25, 0.3) is 0 Å². The highest BCUT2D eigenvalue weighted by atomic mass is 35.5. The predicted molar refractivity (Wildman–Crippen MR) is 118 cm³/mol. The molecule has 2 aliphatic rings. The molecule has 2 aromatic rings. The molecular weight excluding hydrogens is 443 g/mol. The molecule has 168 valence electrons. The first kappa shape index (κ1) is 22.1. The van der Waals surface area contributed by atoms with Crippen LogP contribution in [0, 0.1) is 19.7 Å². The second-order valence-corrected chi connectivity index (χ2v) is 10.9. The van der Waals surface area contributed by atoms with E-state index in [9.17, 15) is 17.6 Å². The Morgan fingerprint density at radius 2 is 1.94 bits per heavy atom. The van der Waals surface area contributed by atoms with E-state index in [2.05, 4.69) is 10.00 Å². The molecule has 0 radical (unpaired) electrons. The number of nitrogens with zero attached hydrogens (tertiary/aromatic N) is 4. The van der Waals surface area contributed by atoms with Gasteiger partial charge in [0.05, 0.1) is 41.0 Å². The van der Waals surface area contributed by atoms with Gasteiger partial charge in [-0.1, -0.05) is 17.7 Å². The minimum Gasteiger partial charge on any atom is -0.365 e. The number of amides is 1. The third kappa shape index (κ3) is 4.43. The summed E-state index contributed by atoms with van der Waals surface area (Å²) in [6.45, 7) is 6.21. The fourth-order valence-electron chi connectivity index (χ4n) is 4.58. The Morgan fingerprint density at radius 1 is 1.23 bits per heavy atom. The third-order valence-electron chi connectivity index (χ3n) is 6.18. The maximum atomic E-state index is 14.0. The lowest BCUT2D eigenvalue weighted by Crippen LogP contribution is -2.49. The van der Waals surface area contributed by atoms with Gasteiger partial charge in [0.2, 0.25) is 5.91 Å². The molecular formula is C21H26ClFN4O3S. The van der Waals surface area contributed by atoms with Crippen LogP contribution in [0.3, 0.4) is 0 Å². The van der Waals surface area contributed by atoms with Crippen molar-refractivity contribution in [3.63, 3.8) is 0 Å². The van der Waals surface area contributed by atoms with Crippen molar-refractivity contribution in [1.29, 1.82) is 0 Å². The van der Waals surface area contributed by atoms with E-state index in [1.165, 1.54) is 12.1 Å². The van der Waals surface area contributed by atoms with E-state index in [-0.39, 0.29) is 40.5 Å². The van der Waals surface area contributed by atoms with Gasteiger partial charge in [-0.3, -0.25) is 9.48 Å². The van der Waals surface area contributed by atoms with E-state index in [1.54, 1.807) is 11.0 Å². The summed E-state index contributed by atoms with van der Waals surface area (Å²) >= 11 is 6.06. The van der Waals surface area contributed by atoms with Gasteiger partial charge in [-0.15, -0.1) is 0 Å². The molecule has 0 saturated carbocycles. The van der Waals surface area contributed by atoms with Crippen molar-refractivity contribution < 1.29 is 17.6 Å². The number of hydrogen-bond donors (Lipinski definition) is 0. The van der Waals surface area contributed by atoms with E-state index in [1.807, 2.05) is 18.5 Å². The third-order valence-corrected chi connectivity index (χ3v) is 8.28. The molecule has 0 spiro atoms. The number of rotatable bonds is 4. The van der Waals surface area contributed by atoms with Crippen molar-refractivity contribution in [1.82, 2.24) is 14.7 Å². The number of sulfone groups is 1. The standard InChI is InChI=1S/C21H26ClFN4O3S/c1-14-21(15(2)27(24-14)16-6-11-31(29,30)13-16)26-9-7-25(8-10-26)20(28)12-17-18(22)4-3-5-19(17)23/h3-5,16H,6-13H2,1-2H3. The highest BCUT2D eigenvalue weighted by Crippen LogP contribution is 2.32. The Labute approximate surface area is 186 Å². The fourth-order valence-corrected chi connectivity index (χ4v) is 6.50. The molecule has 10 heteroatoms. The Kier molecular flexibility index (Phi) is 6.00. The normalized spacial score (nSPS) is 21.0. The van der Waals surface area contributed by atoms with E-state index in [0.29, 0.717) is 32.6 Å². The smallest absolute Gasteiger partial charge is 0.227 e. The first-order chi connectivity index (χ1) is 14.7. The fraction of sp³-hybridized carbons (Fsp3) is 0.524. The van der Waals surface area contributed by atoms with Gasteiger partial charge in [0.15, 0.2) is 9.84 Å². The Bertz CT molecular complexity index is 1090. The second kappa shape index (κ2) is 8.43. The molecule has 0 N–H and O–H groups in total.